The van der Waals surface area contributed by atoms with Gasteiger partial charge >= 0.3 is 19.8 Å². The average Bonchev–Trinajstić information content (AvgIpc) is 2.93. The summed E-state index contributed by atoms with van der Waals surface area (Å²) in [5.41, 5.74) is 0. The zero-order valence-corrected chi connectivity index (χ0v) is 28.8. The lowest BCUT2D eigenvalue weighted by atomic mass is 10.1. The van der Waals surface area contributed by atoms with Crippen LogP contribution in [-0.4, -0.2) is 74.9 Å². The maximum atomic E-state index is 12.4. The van der Waals surface area contributed by atoms with Crippen LogP contribution >= 0.6 is 7.82 Å². The van der Waals surface area contributed by atoms with Gasteiger partial charge in [0.2, 0.25) is 0 Å². The van der Waals surface area contributed by atoms with E-state index in [4.69, 9.17) is 18.5 Å². The van der Waals surface area contributed by atoms with Crippen LogP contribution in [0.4, 0.5) is 0 Å². The number of nitrogens with zero attached hydrogens (tertiary/aromatic N) is 1. The molecule has 0 aromatic heterocycles. The summed E-state index contributed by atoms with van der Waals surface area (Å²) < 4.78 is 33.4. The SMILES string of the molecule is CCCCCC/C=C\C/C=C\CCCCCCCCCC(=O)OC(COC(=O)CCC)COP(=O)(O)OCC[N+](C)(C)C. The highest BCUT2D eigenvalue weighted by atomic mass is 31.2. The van der Waals surface area contributed by atoms with Crippen LogP contribution < -0.4 is 0 Å². The lowest BCUT2D eigenvalue weighted by Crippen LogP contribution is -2.37. The molecule has 252 valence electrons. The van der Waals surface area contributed by atoms with Gasteiger partial charge in [0, 0.05) is 12.8 Å². The summed E-state index contributed by atoms with van der Waals surface area (Å²) >= 11 is 0. The standard InChI is InChI=1S/C33H62NO8P/c1-6-8-9-10-11-12-13-14-15-16-17-18-19-20-21-22-23-24-26-33(36)42-31(29-39-32(35)25-7-2)30-41-43(37,38)40-28-27-34(3,4)5/h12-13,15-16,31H,6-11,14,17-30H2,1-5H3/p+1/b13-12-,16-15-. The van der Waals surface area contributed by atoms with Gasteiger partial charge in [0.15, 0.2) is 6.10 Å². The molecule has 0 saturated heterocycles. The molecular weight excluding hydrogens is 569 g/mol. The summed E-state index contributed by atoms with van der Waals surface area (Å²) in [6.45, 7) is 3.98. The van der Waals surface area contributed by atoms with Crippen molar-refractivity contribution in [1.82, 2.24) is 0 Å². The maximum Gasteiger partial charge on any atom is 0.472 e. The van der Waals surface area contributed by atoms with Crippen molar-refractivity contribution in [3.8, 4) is 0 Å². The first-order valence-corrected chi connectivity index (χ1v) is 18.1. The minimum atomic E-state index is -4.34. The molecule has 0 heterocycles. The molecule has 9 nitrogen and oxygen atoms in total. The first-order valence-electron chi connectivity index (χ1n) is 16.6. The number of allylic oxidation sites excluding steroid dienone is 4. The van der Waals surface area contributed by atoms with E-state index in [1.807, 2.05) is 28.1 Å². The normalized spacial score (nSPS) is 14.3. The molecule has 0 fully saturated rings. The van der Waals surface area contributed by atoms with Gasteiger partial charge in [-0.3, -0.25) is 18.6 Å². The number of carbonyl (C=O) groups excluding carboxylic acids is 2. The summed E-state index contributed by atoms with van der Waals surface area (Å²) in [5.74, 6) is -0.872. The molecule has 0 aromatic rings. The van der Waals surface area contributed by atoms with Crippen LogP contribution in [0, 0.1) is 0 Å². The Morgan fingerprint density at radius 2 is 1.30 bits per heavy atom. The summed E-state index contributed by atoms with van der Waals surface area (Å²) in [6, 6.07) is 0. The van der Waals surface area contributed by atoms with Crippen LogP contribution in [-0.2, 0) is 32.7 Å². The van der Waals surface area contributed by atoms with Gasteiger partial charge < -0.3 is 18.9 Å². The lowest BCUT2D eigenvalue weighted by Gasteiger charge is -2.24. The molecule has 0 aliphatic rings. The predicted molar refractivity (Wildman–Crippen MR) is 174 cm³/mol. The van der Waals surface area contributed by atoms with Gasteiger partial charge in [-0.1, -0.05) is 89.5 Å². The van der Waals surface area contributed by atoms with Gasteiger partial charge in [0.05, 0.1) is 27.7 Å². The number of carbonyl (C=O) groups is 2. The molecule has 2 atom stereocenters. The fourth-order valence-electron chi connectivity index (χ4n) is 4.08. The molecular formula is C33H63NO8P+. The second-order valence-corrected chi connectivity index (χ2v) is 13.7. The summed E-state index contributed by atoms with van der Waals surface area (Å²) in [7, 11) is 1.46. The van der Waals surface area contributed by atoms with E-state index in [1.54, 1.807) is 0 Å². The third-order valence-electron chi connectivity index (χ3n) is 6.70. The number of unbranched alkanes of at least 4 members (excludes halogenated alkanes) is 11. The lowest BCUT2D eigenvalue weighted by molar-refractivity contribution is -0.870. The van der Waals surface area contributed by atoms with Gasteiger partial charge in [-0.05, 0) is 44.9 Å². The maximum absolute atomic E-state index is 12.4. The van der Waals surface area contributed by atoms with E-state index in [9.17, 15) is 19.0 Å². The van der Waals surface area contributed by atoms with Crippen LogP contribution in [0.3, 0.4) is 0 Å². The molecule has 10 heteroatoms. The quantitative estimate of drug-likeness (QED) is 0.0290. The zero-order chi connectivity index (χ0) is 32.2. The zero-order valence-electron chi connectivity index (χ0n) is 27.9. The topological polar surface area (TPSA) is 108 Å². The molecule has 0 rings (SSSR count). The highest BCUT2D eigenvalue weighted by Gasteiger charge is 2.26. The van der Waals surface area contributed by atoms with E-state index in [0.29, 0.717) is 23.9 Å². The van der Waals surface area contributed by atoms with Crippen LogP contribution in [0.15, 0.2) is 24.3 Å². The fourth-order valence-corrected chi connectivity index (χ4v) is 4.82. The molecule has 0 aliphatic carbocycles. The van der Waals surface area contributed by atoms with E-state index in [-0.39, 0.29) is 26.1 Å². The third-order valence-corrected chi connectivity index (χ3v) is 7.69. The Kier molecular flexibility index (Phi) is 25.9. The largest absolute Gasteiger partial charge is 0.472 e. The molecule has 0 spiro atoms. The Bertz CT molecular complexity index is 809. The molecule has 0 aliphatic heterocycles. The second-order valence-electron chi connectivity index (χ2n) is 12.2. The van der Waals surface area contributed by atoms with Crippen molar-refractivity contribution in [2.75, 3.05) is 47.5 Å². The predicted octanol–water partition coefficient (Wildman–Crippen LogP) is 8.07. The first kappa shape index (κ1) is 41.5. The molecule has 43 heavy (non-hydrogen) atoms. The van der Waals surface area contributed by atoms with E-state index >= 15 is 0 Å². The van der Waals surface area contributed by atoms with E-state index in [0.717, 1.165) is 32.1 Å². The van der Waals surface area contributed by atoms with Gasteiger partial charge in [0.25, 0.3) is 0 Å². The van der Waals surface area contributed by atoms with Crippen LogP contribution in [0.1, 0.15) is 123 Å². The molecule has 1 N–H and O–H groups in total. The van der Waals surface area contributed by atoms with Crippen molar-refractivity contribution < 1.29 is 42.1 Å². The van der Waals surface area contributed by atoms with Crippen LogP contribution in [0.25, 0.3) is 0 Å². The molecule has 0 radical (unpaired) electrons. The third kappa shape index (κ3) is 30.3. The number of rotatable bonds is 29. The Hall–Kier alpha value is -1.51. The summed E-state index contributed by atoms with van der Waals surface area (Å²) in [5, 5.41) is 0. The van der Waals surface area contributed by atoms with Crippen molar-refractivity contribution in [3.05, 3.63) is 24.3 Å². The minimum Gasteiger partial charge on any atom is -0.462 e. The second kappa shape index (κ2) is 26.9. The van der Waals surface area contributed by atoms with Gasteiger partial charge in [0.1, 0.15) is 19.8 Å². The van der Waals surface area contributed by atoms with Gasteiger partial charge in [-0.25, -0.2) is 4.57 Å². The Morgan fingerprint density at radius 1 is 0.721 bits per heavy atom. The van der Waals surface area contributed by atoms with Crippen molar-refractivity contribution in [2.24, 2.45) is 0 Å². The molecule has 0 saturated carbocycles. The summed E-state index contributed by atoms with van der Waals surface area (Å²) in [6.07, 6.45) is 25.3. The average molecular weight is 633 g/mol. The monoisotopic (exact) mass is 632 g/mol. The van der Waals surface area contributed by atoms with Gasteiger partial charge in [-0.15, -0.1) is 0 Å². The Labute approximate surface area is 262 Å². The molecule has 0 amide bonds. The van der Waals surface area contributed by atoms with E-state index in [1.165, 1.54) is 51.4 Å². The number of quaternary nitrogens is 1. The number of likely N-dealkylation sites (N-methyl/N-ethyl adjacent to an activating group) is 1. The Balaban J connectivity index is 4.13. The van der Waals surface area contributed by atoms with Crippen LogP contribution in [0.5, 0.6) is 0 Å². The highest BCUT2D eigenvalue weighted by molar-refractivity contribution is 7.47. The highest BCUT2D eigenvalue weighted by Crippen LogP contribution is 2.43. The number of esters is 2. The van der Waals surface area contributed by atoms with Crippen LogP contribution in [0.2, 0.25) is 0 Å². The number of hydrogen-bond donors (Lipinski definition) is 1. The molecule has 2 unspecified atom stereocenters. The molecule has 0 aromatic carbocycles. The number of hydrogen-bond acceptors (Lipinski definition) is 7. The smallest absolute Gasteiger partial charge is 0.462 e. The van der Waals surface area contributed by atoms with Crippen molar-refractivity contribution >= 4 is 19.8 Å². The number of phosphoric acid groups is 1. The van der Waals surface area contributed by atoms with Crippen molar-refractivity contribution in [1.29, 1.82) is 0 Å². The Morgan fingerprint density at radius 3 is 1.88 bits per heavy atom. The molecule has 0 bridgehead atoms. The van der Waals surface area contributed by atoms with E-state index < -0.39 is 32.5 Å². The number of ether oxygens (including phenoxy) is 2. The van der Waals surface area contributed by atoms with Crippen molar-refractivity contribution in [3.63, 3.8) is 0 Å². The van der Waals surface area contributed by atoms with Gasteiger partial charge in [-0.2, -0.15) is 0 Å². The fraction of sp³-hybridized carbons (Fsp3) is 0.818. The minimum absolute atomic E-state index is 0.0292. The number of phosphoric ester groups is 1. The van der Waals surface area contributed by atoms with Crippen molar-refractivity contribution in [2.45, 2.75) is 129 Å². The summed E-state index contributed by atoms with van der Waals surface area (Å²) in [4.78, 5) is 34.2. The first-order chi connectivity index (χ1) is 20.5. The van der Waals surface area contributed by atoms with E-state index in [2.05, 4.69) is 31.2 Å².